The normalized spacial score (nSPS) is 17.7. The molecule has 3 heterocycles. The van der Waals surface area contributed by atoms with Crippen LogP contribution in [0.15, 0.2) is 50.9 Å². The molecule has 0 aliphatic carbocycles. The number of amides is 2. The highest BCUT2D eigenvalue weighted by molar-refractivity contribution is 8.00. The lowest BCUT2D eigenvalue weighted by Crippen LogP contribution is -2.35. The van der Waals surface area contributed by atoms with Crippen LogP contribution in [-0.4, -0.2) is 40.0 Å². The van der Waals surface area contributed by atoms with E-state index in [-0.39, 0.29) is 18.6 Å². The Morgan fingerprint density at radius 2 is 1.97 bits per heavy atom. The third kappa shape index (κ3) is 4.23. The summed E-state index contributed by atoms with van der Waals surface area (Å²) in [6, 6.07) is 10.2. The fourth-order valence-corrected chi connectivity index (χ4v) is 4.99. The van der Waals surface area contributed by atoms with Gasteiger partial charge in [0.15, 0.2) is 0 Å². The summed E-state index contributed by atoms with van der Waals surface area (Å²) in [5, 5.41) is 3.58. The second kappa shape index (κ2) is 8.60. The highest BCUT2D eigenvalue weighted by atomic mass is 35.5. The van der Waals surface area contributed by atoms with Gasteiger partial charge in [-0.3, -0.25) is 19.1 Å². The topological polar surface area (TPSA) is 114 Å². The predicted molar refractivity (Wildman–Crippen MR) is 126 cm³/mol. The number of rotatable bonds is 5. The fourth-order valence-electron chi connectivity index (χ4n) is 4.02. The van der Waals surface area contributed by atoms with E-state index in [0.717, 1.165) is 9.46 Å². The molecule has 0 bridgehead atoms. The van der Waals surface area contributed by atoms with Crippen molar-refractivity contribution in [3.05, 3.63) is 62.3 Å². The maximum atomic E-state index is 12.7. The van der Waals surface area contributed by atoms with Gasteiger partial charge in [-0.05, 0) is 49.2 Å². The summed E-state index contributed by atoms with van der Waals surface area (Å²) in [4.78, 5) is 54.3. The van der Waals surface area contributed by atoms with Gasteiger partial charge in [-0.25, -0.2) is 9.59 Å². The zero-order chi connectivity index (χ0) is 23.1. The monoisotopic (exact) mass is 486 g/mol. The average molecular weight is 487 g/mol. The van der Waals surface area contributed by atoms with Gasteiger partial charge in [-0.1, -0.05) is 11.6 Å². The van der Waals surface area contributed by atoms with E-state index in [4.69, 9.17) is 16.3 Å². The van der Waals surface area contributed by atoms with Crippen LogP contribution in [0.4, 0.5) is 16.2 Å². The molecule has 1 aromatic heterocycles. The molecule has 33 heavy (non-hydrogen) atoms. The molecule has 0 saturated carbocycles. The first kappa shape index (κ1) is 21.6. The molecule has 2 aromatic carbocycles. The van der Waals surface area contributed by atoms with Crippen LogP contribution in [0, 0.1) is 0 Å². The van der Waals surface area contributed by atoms with Crippen molar-refractivity contribution >= 4 is 57.6 Å². The summed E-state index contributed by atoms with van der Waals surface area (Å²) >= 11 is 7.43. The van der Waals surface area contributed by atoms with Crippen LogP contribution in [0.25, 0.3) is 10.9 Å². The Kier molecular flexibility index (Phi) is 5.63. The van der Waals surface area contributed by atoms with Crippen molar-refractivity contribution in [2.75, 3.05) is 22.5 Å². The summed E-state index contributed by atoms with van der Waals surface area (Å²) in [6.07, 6.45) is 0.115. The quantitative estimate of drug-likeness (QED) is 0.572. The van der Waals surface area contributed by atoms with E-state index < -0.39 is 17.3 Å². The van der Waals surface area contributed by atoms with Crippen molar-refractivity contribution in [3.63, 3.8) is 0 Å². The Balaban J connectivity index is 1.26. The van der Waals surface area contributed by atoms with E-state index >= 15 is 0 Å². The molecule has 2 aliphatic heterocycles. The van der Waals surface area contributed by atoms with Crippen LogP contribution >= 0.6 is 23.4 Å². The number of H-pyrrole nitrogens is 1. The lowest BCUT2D eigenvalue weighted by Gasteiger charge is -2.20. The molecule has 3 aromatic rings. The smallest absolute Gasteiger partial charge is 0.414 e. The van der Waals surface area contributed by atoms with Gasteiger partial charge in [-0.2, -0.15) is 0 Å². The number of carbonyl (C=O) groups excluding carboxylic acids is 2. The van der Waals surface area contributed by atoms with Crippen molar-refractivity contribution in [1.29, 1.82) is 0 Å². The molecule has 1 saturated heterocycles. The van der Waals surface area contributed by atoms with Crippen LogP contribution in [0.1, 0.15) is 12.8 Å². The van der Waals surface area contributed by atoms with Gasteiger partial charge in [0.2, 0.25) is 5.91 Å². The molecule has 2 amide bonds. The first-order chi connectivity index (χ1) is 15.9. The summed E-state index contributed by atoms with van der Waals surface area (Å²) in [5.74, 6) is 0.295. The number of fused-ring (bicyclic) bond motifs is 2. The van der Waals surface area contributed by atoms with Crippen LogP contribution in [-0.2, 0) is 16.1 Å². The number of aromatic nitrogens is 2. The maximum absolute atomic E-state index is 12.7. The van der Waals surface area contributed by atoms with Crippen LogP contribution in [0.3, 0.4) is 0 Å². The van der Waals surface area contributed by atoms with Gasteiger partial charge < -0.3 is 15.0 Å². The Morgan fingerprint density at radius 3 is 2.82 bits per heavy atom. The molecule has 9 nitrogen and oxygen atoms in total. The third-order valence-corrected chi connectivity index (χ3v) is 6.94. The van der Waals surface area contributed by atoms with E-state index in [2.05, 4.69) is 10.3 Å². The Labute approximate surface area is 196 Å². The molecule has 0 radical (unpaired) electrons. The highest BCUT2D eigenvalue weighted by Crippen LogP contribution is 2.35. The number of halogens is 1. The number of carbonyl (C=O) groups is 2. The van der Waals surface area contributed by atoms with Crippen LogP contribution in [0.5, 0.6) is 0 Å². The molecule has 170 valence electrons. The van der Waals surface area contributed by atoms with E-state index in [1.807, 2.05) is 12.1 Å². The van der Waals surface area contributed by atoms with Crippen LogP contribution < -0.4 is 21.5 Å². The lowest BCUT2D eigenvalue weighted by molar-refractivity contribution is -0.113. The van der Waals surface area contributed by atoms with Crippen molar-refractivity contribution in [3.8, 4) is 0 Å². The number of cyclic esters (lactones) is 1. The molecule has 0 spiro atoms. The van der Waals surface area contributed by atoms with Gasteiger partial charge in [0.25, 0.3) is 5.56 Å². The molecular weight excluding hydrogens is 468 g/mol. The van der Waals surface area contributed by atoms with Crippen LogP contribution in [0.2, 0.25) is 5.02 Å². The zero-order valence-corrected chi connectivity index (χ0v) is 18.9. The number of hydrogen-bond acceptors (Lipinski definition) is 6. The van der Waals surface area contributed by atoms with Crippen molar-refractivity contribution < 1.29 is 14.3 Å². The number of ether oxygens (including phenoxy) is 1. The molecule has 2 N–H and O–H groups in total. The number of anilines is 2. The zero-order valence-electron chi connectivity index (χ0n) is 17.3. The van der Waals surface area contributed by atoms with E-state index in [1.165, 1.54) is 22.7 Å². The van der Waals surface area contributed by atoms with Gasteiger partial charge in [0.05, 0.1) is 28.9 Å². The Bertz CT molecular complexity index is 1400. The summed E-state index contributed by atoms with van der Waals surface area (Å²) in [5.41, 5.74) is 0.859. The predicted octanol–water partition coefficient (Wildman–Crippen LogP) is 3.19. The van der Waals surface area contributed by atoms with Crippen molar-refractivity contribution in [1.82, 2.24) is 9.55 Å². The summed E-state index contributed by atoms with van der Waals surface area (Å²) in [7, 11) is 0. The SMILES string of the molecule is O=C1CSc2ccc(N3CC(CCCn4c(=O)[nH]c5ccc(Cl)cc5c4=O)OC3=O)cc2N1. The molecule has 11 heteroatoms. The van der Waals surface area contributed by atoms with E-state index in [1.54, 1.807) is 18.2 Å². The van der Waals surface area contributed by atoms with Crippen molar-refractivity contribution in [2.45, 2.75) is 30.4 Å². The second-order valence-corrected chi connectivity index (χ2v) is 9.31. The average Bonchev–Trinajstić information content (AvgIpc) is 3.16. The van der Waals surface area contributed by atoms with Gasteiger partial charge in [0.1, 0.15) is 6.10 Å². The molecule has 1 atom stereocenters. The molecule has 1 unspecified atom stereocenters. The number of thioether (sulfide) groups is 1. The first-order valence-electron chi connectivity index (χ1n) is 10.4. The number of aromatic amines is 1. The number of nitrogens with zero attached hydrogens (tertiary/aromatic N) is 2. The fraction of sp³-hybridized carbons (Fsp3) is 0.273. The molecular formula is C22H19ClN4O5S. The van der Waals surface area contributed by atoms with Gasteiger partial charge in [-0.15, -0.1) is 11.8 Å². The van der Waals surface area contributed by atoms with E-state index in [9.17, 15) is 19.2 Å². The first-order valence-corrected chi connectivity index (χ1v) is 11.7. The number of hydrogen-bond donors (Lipinski definition) is 2. The molecule has 1 fully saturated rings. The standard InChI is InChI=1S/C22H19ClN4O5S/c23-12-3-5-16-15(8-12)20(29)26(21(30)25-16)7-1-2-14-10-27(22(31)32-14)13-4-6-18-17(9-13)24-19(28)11-33-18/h3-6,8-9,14H,1-2,7,10-11H2,(H,24,28)(H,25,30). The second-order valence-electron chi connectivity index (χ2n) is 7.85. The lowest BCUT2D eigenvalue weighted by atomic mass is 10.2. The summed E-state index contributed by atoms with van der Waals surface area (Å²) < 4.78 is 6.62. The Hall–Kier alpha value is -3.24. The van der Waals surface area contributed by atoms with Gasteiger partial charge in [0, 0.05) is 22.2 Å². The highest BCUT2D eigenvalue weighted by Gasteiger charge is 2.32. The summed E-state index contributed by atoms with van der Waals surface area (Å²) in [6.45, 7) is 0.532. The van der Waals surface area contributed by atoms with E-state index in [0.29, 0.717) is 52.4 Å². The van der Waals surface area contributed by atoms with Crippen molar-refractivity contribution in [2.24, 2.45) is 0 Å². The minimum Gasteiger partial charge on any atom is -0.444 e. The minimum absolute atomic E-state index is 0.0762. The Morgan fingerprint density at radius 1 is 1.12 bits per heavy atom. The van der Waals surface area contributed by atoms with Gasteiger partial charge >= 0.3 is 11.8 Å². The number of benzene rings is 2. The molecule has 5 rings (SSSR count). The maximum Gasteiger partial charge on any atom is 0.414 e. The minimum atomic E-state index is -0.492. The largest absolute Gasteiger partial charge is 0.444 e. The number of nitrogens with one attached hydrogen (secondary N) is 2. The third-order valence-electron chi connectivity index (χ3n) is 5.63. The molecule has 2 aliphatic rings.